The molecule has 3 rings (SSSR count). The van der Waals surface area contributed by atoms with Gasteiger partial charge in [-0.1, -0.05) is 12.1 Å². The van der Waals surface area contributed by atoms with Gasteiger partial charge in [0.1, 0.15) is 11.6 Å². The first-order valence-electron chi connectivity index (χ1n) is 7.01. The fourth-order valence-corrected chi connectivity index (χ4v) is 3.83. The lowest BCUT2D eigenvalue weighted by atomic mass is 10.2. The molecule has 1 aliphatic heterocycles. The molecule has 124 valence electrons. The summed E-state index contributed by atoms with van der Waals surface area (Å²) in [6.45, 7) is 0.0583. The second-order valence-corrected chi connectivity index (χ2v) is 6.90. The minimum atomic E-state index is -1.10. The molecule has 0 radical (unpaired) electrons. The molecule has 0 spiro atoms. The Morgan fingerprint density at radius 2 is 2.12 bits per heavy atom. The van der Waals surface area contributed by atoms with Gasteiger partial charge in [-0.3, -0.25) is 9.59 Å². The van der Waals surface area contributed by atoms with Crippen LogP contribution in [0.4, 0.5) is 5.69 Å². The summed E-state index contributed by atoms with van der Waals surface area (Å²) in [5.74, 6) is -1.23. The van der Waals surface area contributed by atoms with Crippen molar-refractivity contribution in [1.29, 1.82) is 0 Å². The van der Waals surface area contributed by atoms with Gasteiger partial charge < -0.3 is 15.3 Å². The van der Waals surface area contributed by atoms with Crippen LogP contribution < -0.4 is 10.2 Å². The number of para-hydroxylation sites is 1. The molecule has 0 unspecified atom stereocenters. The molecule has 0 fully saturated rings. The Labute approximate surface area is 145 Å². The van der Waals surface area contributed by atoms with Crippen LogP contribution in [0.1, 0.15) is 15.5 Å². The van der Waals surface area contributed by atoms with E-state index in [1.54, 1.807) is 0 Å². The second kappa shape index (κ2) is 7.02. The third-order valence-electron chi connectivity index (χ3n) is 3.32. The molecule has 2 heterocycles. The van der Waals surface area contributed by atoms with Crippen molar-refractivity contribution in [3.63, 3.8) is 0 Å². The predicted molar refractivity (Wildman–Crippen MR) is 90.4 cm³/mol. The topological polar surface area (TPSA) is 99.6 Å². The second-order valence-electron chi connectivity index (χ2n) is 4.94. The molecule has 1 aliphatic rings. The average molecular weight is 363 g/mol. The molecular weight excluding hydrogens is 350 g/mol. The normalized spacial score (nSPS) is 13.5. The molecule has 24 heavy (non-hydrogen) atoms. The molecule has 1 aromatic carbocycles. The van der Waals surface area contributed by atoms with Crippen molar-refractivity contribution in [2.75, 3.05) is 17.2 Å². The summed E-state index contributed by atoms with van der Waals surface area (Å²) >= 11 is 2.62. The van der Waals surface area contributed by atoms with E-state index in [4.69, 9.17) is 5.11 Å². The number of amides is 2. The summed E-state index contributed by atoms with van der Waals surface area (Å²) in [5, 5.41) is 13.4. The summed E-state index contributed by atoms with van der Waals surface area (Å²) in [4.78, 5) is 41.3. The number of rotatable bonds is 5. The van der Waals surface area contributed by atoms with E-state index in [-0.39, 0.29) is 30.6 Å². The summed E-state index contributed by atoms with van der Waals surface area (Å²) < 4.78 is 0. The summed E-state index contributed by atoms with van der Waals surface area (Å²) in [6, 6.07) is 7.45. The number of carbonyl (C=O) groups is 3. The van der Waals surface area contributed by atoms with E-state index in [2.05, 4.69) is 10.3 Å². The lowest BCUT2D eigenvalue weighted by Crippen LogP contribution is -2.43. The van der Waals surface area contributed by atoms with Crippen LogP contribution in [-0.2, 0) is 16.1 Å². The number of nitrogens with zero attached hydrogens (tertiary/aromatic N) is 2. The van der Waals surface area contributed by atoms with Gasteiger partial charge in [-0.05, 0) is 12.1 Å². The lowest BCUT2D eigenvalue weighted by molar-refractivity contribution is -0.123. The molecule has 0 bridgehead atoms. The zero-order valence-electron chi connectivity index (χ0n) is 12.4. The number of carboxylic acids is 1. The van der Waals surface area contributed by atoms with Gasteiger partial charge >= 0.3 is 5.97 Å². The van der Waals surface area contributed by atoms with Crippen molar-refractivity contribution >= 4 is 46.6 Å². The first-order chi connectivity index (χ1) is 11.5. The van der Waals surface area contributed by atoms with Crippen molar-refractivity contribution in [1.82, 2.24) is 10.3 Å². The molecule has 0 atom stereocenters. The van der Waals surface area contributed by atoms with Crippen LogP contribution in [0.5, 0.6) is 0 Å². The number of benzene rings is 1. The van der Waals surface area contributed by atoms with Gasteiger partial charge in [-0.15, -0.1) is 23.1 Å². The van der Waals surface area contributed by atoms with Crippen molar-refractivity contribution in [2.45, 2.75) is 11.4 Å². The Morgan fingerprint density at radius 3 is 2.88 bits per heavy atom. The van der Waals surface area contributed by atoms with E-state index in [1.807, 2.05) is 24.3 Å². The molecule has 2 amide bonds. The number of fused-ring (bicyclic) bond motifs is 1. The van der Waals surface area contributed by atoms with Crippen LogP contribution >= 0.6 is 23.1 Å². The Bertz CT molecular complexity index is 806. The average Bonchev–Trinajstić information content (AvgIpc) is 3.05. The lowest BCUT2D eigenvalue weighted by Gasteiger charge is -2.28. The molecule has 7 nitrogen and oxygen atoms in total. The van der Waals surface area contributed by atoms with Gasteiger partial charge in [0.2, 0.25) is 11.8 Å². The number of hydrogen-bond acceptors (Lipinski definition) is 6. The molecule has 1 aromatic heterocycles. The number of carbonyl (C=O) groups excluding carboxylic acids is 2. The number of aromatic carboxylic acids is 1. The maximum atomic E-state index is 12.1. The first kappa shape index (κ1) is 16.5. The SMILES string of the molecule is O=C(CN1C(=O)CSc2ccccc21)NCc1nc(C(=O)O)cs1. The van der Waals surface area contributed by atoms with E-state index in [0.29, 0.717) is 10.8 Å². The molecule has 9 heteroatoms. The molecule has 2 N–H and O–H groups in total. The van der Waals surface area contributed by atoms with Gasteiger partial charge in [-0.2, -0.15) is 0 Å². The van der Waals surface area contributed by atoms with Crippen LogP contribution in [0, 0.1) is 0 Å². The summed E-state index contributed by atoms with van der Waals surface area (Å²) in [5.41, 5.74) is 0.692. The minimum absolute atomic E-state index is 0.0404. The summed E-state index contributed by atoms with van der Waals surface area (Å²) in [7, 11) is 0. The Morgan fingerprint density at radius 1 is 1.33 bits per heavy atom. The van der Waals surface area contributed by atoms with Crippen molar-refractivity contribution in [3.05, 3.63) is 40.3 Å². The van der Waals surface area contributed by atoms with Crippen LogP contribution in [0.3, 0.4) is 0 Å². The summed E-state index contributed by atoms with van der Waals surface area (Å²) in [6.07, 6.45) is 0. The number of hydrogen-bond donors (Lipinski definition) is 2. The maximum absolute atomic E-state index is 12.1. The largest absolute Gasteiger partial charge is 0.476 e. The fraction of sp³-hybridized carbons (Fsp3) is 0.200. The van der Waals surface area contributed by atoms with Gasteiger partial charge in [0.25, 0.3) is 0 Å². The van der Waals surface area contributed by atoms with Crippen LogP contribution in [0.15, 0.2) is 34.5 Å². The molecule has 0 saturated heterocycles. The van der Waals surface area contributed by atoms with Crippen molar-refractivity contribution in [2.24, 2.45) is 0 Å². The molecular formula is C15H13N3O4S2. The Kier molecular flexibility index (Phi) is 4.81. The van der Waals surface area contributed by atoms with E-state index in [0.717, 1.165) is 21.9 Å². The highest BCUT2D eigenvalue weighted by Gasteiger charge is 2.26. The zero-order chi connectivity index (χ0) is 17.1. The number of thioether (sulfide) groups is 1. The standard InChI is InChI=1S/C15H13N3O4S2/c19-12(16-5-13-17-9(7-24-13)15(21)22)6-18-10-3-1-2-4-11(10)23-8-14(18)20/h1-4,7H,5-6,8H2,(H,16,19)(H,21,22). The first-order valence-corrected chi connectivity index (χ1v) is 8.87. The quantitative estimate of drug-likeness (QED) is 0.837. The van der Waals surface area contributed by atoms with E-state index < -0.39 is 5.97 Å². The monoisotopic (exact) mass is 363 g/mol. The maximum Gasteiger partial charge on any atom is 0.355 e. The number of anilines is 1. The smallest absolute Gasteiger partial charge is 0.355 e. The van der Waals surface area contributed by atoms with Crippen molar-refractivity contribution in [3.8, 4) is 0 Å². The van der Waals surface area contributed by atoms with E-state index in [9.17, 15) is 14.4 Å². The zero-order valence-corrected chi connectivity index (χ0v) is 14.0. The Hall–Kier alpha value is -2.39. The number of thiazole rings is 1. The number of carboxylic acid groups (broad SMARTS) is 1. The third kappa shape index (κ3) is 3.57. The van der Waals surface area contributed by atoms with Gasteiger partial charge in [-0.25, -0.2) is 9.78 Å². The molecule has 0 aliphatic carbocycles. The van der Waals surface area contributed by atoms with E-state index >= 15 is 0 Å². The van der Waals surface area contributed by atoms with Crippen LogP contribution in [0.2, 0.25) is 0 Å². The predicted octanol–water partition coefficient (Wildman–Crippen LogP) is 1.60. The number of nitrogens with one attached hydrogen (secondary N) is 1. The van der Waals surface area contributed by atoms with Gasteiger partial charge in [0.05, 0.1) is 18.0 Å². The van der Waals surface area contributed by atoms with Gasteiger partial charge in [0.15, 0.2) is 5.69 Å². The number of aromatic nitrogens is 1. The highest BCUT2D eigenvalue weighted by molar-refractivity contribution is 8.00. The highest BCUT2D eigenvalue weighted by atomic mass is 32.2. The van der Waals surface area contributed by atoms with E-state index in [1.165, 1.54) is 22.0 Å². The highest BCUT2D eigenvalue weighted by Crippen LogP contribution is 2.34. The Balaban J connectivity index is 1.62. The van der Waals surface area contributed by atoms with Crippen LogP contribution in [-0.4, -0.2) is 40.2 Å². The van der Waals surface area contributed by atoms with Crippen molar-refractivity contribution < 1.29 is 19.5 Å². The van der Waals surface area contributed by atoms with Crippen LogP contribution in [0.25, 0.3) is 0 Å². The minimum Gasteiger partial charge on any atom is -0.476 e. The molecule has 2 aromatic rings. The third-order valence-corrected chi connectivity index (χ3v) is 5.21. The molecule has 0 saturated carbocycles. The fourth-order valence-electron chi connectivity index (χ4n) is 2.19. The van der Waals surface area contributed by atoms with Gasteiger partial charge in [0, 0.05) is 10.3 Å².